The molecule has 3 nitrogen and oxygen atoms in total. The van der Waals surface area contributed by atoms with E-state index in [0.29, 0.717) is 11.9 Å². The second-order valence-corrected chi connectivity index (χ2v) is 5.78. The molecule has 1 amide bonds. The van der Waals surface area contributed by atoms with Gasteiger partial charge in [0.05, 0.1) is 6.04 Å². The molecule has 110 valence electrons. The fraction of sp³-hybridized carbons (Fsp3) is 0.562. The molecule has 20 heavy (non-hydrogen) atoms. The van der Waals surface area contributed by atoms with E-state index < -0.39 is 0 Å². The number of piperidine rings is 1. The summed E-state index contributed by atoms with van der Waals surface area (Å²) < 4.78 is 0. The molecule has 0 aliphatic carbocycles. The summed E-state index contributed by atoms with van der Waals surface area (Å²) in [5, 5.41) is 3.40. The SMILES string of the molecule is CC1CCCCN1C(=O)C1Cc2ccccc2CN1.Cl. The van der Waals surface area contributed by atoms with E-state index in [1.807, 2.05) is 0 Å². The van der Waals surface area contributed by atoms with Gasteiger partial charge in [-0.25, -0.2) is 0 Å². The number of halogens is 1. The fourth-order valence-corrected chi connectivity index (χ4v) is 3.25. The number of rotatable bonds is 1. The van der Waals surface area contributed by atoms with E-state index in [1.165, 1.54) is 17.5 Å². The van der Waals surface area contributed by atoms with Gasteiger partial charge in [0, 0.05) is 19.1 Å². The van der Waals surface area contributed by atoms with Crippen LogP contribution in [0.2, 0.25) is 0 Å². The fourth-order valence-electron chi connectivity index (χ4n) is 3.25. The monoisotopic (exact) mass is 294 g/mol. The Balaban J connectivity index is 0.00000147. The van der Waals surface area contributed by atoms with Crippen LogP contribution in [0.1, 0.15) is 37.3 Å². The van der Waals surface area contributed by atoms with Gasteiger partial charge in [0.2, 0.25) is 5.91 Å². The highest BCUT2D eigenvalue weighted by molar-refractivity contribution is 5.85. The minimum absolute atomic E-state index is 0. The van der Waals surface area contributed by atoms with E-state index >= 15 is 0 Å². The van der Waals surface area contributed by atoms with E-state index in [9.17, 15) is 4.79 Å². The summed E-state index contributed by atoms with van der Waals surface area (Å²) >= 11 is 0. The number of fused-ring (bicyclic) bond motifs is 1. The van der Waals surface area contributed by atoms with Gasteiger partial charge in [0.1, 0.15) is 0 Å². The van der Waals surface area contributed by atoms with Crippen LogP contribution in [0.5, 0.6) is 0 Å². The van der Waals surface area contributed by atoms with Crippen LogP contribution in [0.4, 0.5) is 0 Å². The van der Waals surface area contributed by atoms with Crippen molar-refractivity contribution in [2.75, 3.05) is 6.54 Å². The Morgan fingerprint density at radius 1 is 1.25 bits per heavy atom. The number of benzene rings is 1. The van der Waals surface area contributed by atoms with Gasteiger partial charge in [-0.05, 0) is 43.7 Å². The average Bonchev–Trinajstić information content (AvgIpc) is 2.46. The first kappa shape index (κ1) is 15.3. The van der Waals surface area contributed by atoms with Gasteiger partial charge in [0.15, 0.2) is 0 Å². The van der Waals surface area contributed by atoms with E-state index in [2.05, 4.69) is 41.4 Å². The molecule has 2 atom stereocenters. The number of hydrogen-bond acceptors (Lipinski definition) is 2. The van der Waals surface area contributed by atoms with Crippen molar-refractivity contribution in [3.05, 3.63) is 35.4 Å². The number of nitrogens with zero attached hydrogens (tertiary/aromatic N) is 1. The lowest BCUT2D eigenvalue weighted by Gasteiger charge is -2.37. The third-order valence-electron chi connectivity index (χ3n) is 4.47. The Bertz CT molecular complexity index is 477. The summed E-state index contributed by atoms with van der Waals surface area (Å²) in [7, 11) is 0. The lowest BCUT2D eigenvalue weighted by Crippen LogP contribution is -2.53. The number of likely N-dealkylation sites (tertiary alicyclic amines) is 1. The van der Waals surface area contributed by atoms with Crippen molar-refractivity contribution in [1.82, 2.24) is 10.2 Å². The van der Waals surface area contributed by atoms with Gasteiger partial charge in [-0.1, -0.05) is 24.3 Å². The maximum atomic E-state index is 12.6. The maximum absolute atomic E-state index is 12.6. The highest BCUT2D eigenvalue weighted by Crippen LogP contribution is 2.21. The van der Waals surface area contributed by atoms with Gasteiger partial charge in [-0.3, -0.25) is 4.79 Å². The Hall–Kier alpha value is -1.06. The molecule has 1 aromatic carbocycles. The number of nitrogens with one attached hydrogen (secondary N) is 1. The van der Waals surface area contributed by atoms with Crippen LogP contribution in [-0.2, 0) is 17.8 Å². The van der Waals surface area contributed by atoms with Crippen LogP contribution in [-0.4, -0.2) is 29.4 Å². The van der Waals surface area contributed by atoms with Gasteiger partial charge in [0.25, 0.3) is 0 Å². The van der Waals surface area contributed by atoms with Crippen LogP contribution in [0, 0.1) is 0 Å². The molecule has 3 rings (SSSR count). The van der Waals surface area contributed by atoms with Crippen LogP contribution >= 0.6 is 12.4 Å². The van der Waals surface area contributed by atoms with Crippen LogP contribution < -0.4 is 5.32 Å². The van der Waals surface area contributed by atoms with Crippen molar-refractivity contribution in [1.29, 1.82) is 0 Å². The zero-order valence-corrected chi connectivity index (χ0v) is 12.8. The normalized spacial score (nSPS) is 25.6. The van der Waals surface area contributed by atoms with Gasteiger partial charge in [-0.2, -0.15) is 0 Å². The molecule has 0 radical (unpaired) electrons. The molecular weight excluding hydrogens is 272 g/mol. The van der Waals surface area contributed by atoms with Crippen molar-refractivity contribution in [2.45, 2.75) is 51.2 Å². The summed E-state index contributed by atoms with van der Waals surface area (Å²) in [6, 6.07) is 8.79. The summed E-state index contributed by atoms with van der Waals surface area (Å²) in [6.45, 7) is 3.92. The summed E-state index contributed by atoms with van der Waals surface area (Å²) in [5.74, 6) is 0.293. The molecule has 0 spiro atoms. The highest BCUT2D eigenvalue weighted by atomic mass is 35.5. The van der Waals surface area contributed by atoms with Crippen LogP contribution in [0.3, 0.4) is 0 Å². The van der Waals surface area contributed by atoms with E-state index in [1.54, 1.807) is 0 Å². The predicted molar refractivity (Wildman–Crippen MR) is 83.0 cm³/mol. The number of carbonyl (C=O) groups is 1. The Morgan fingerprint density at radius 2 is 2.00 bits per heavy atom. The van der Waals surface area contributed by atoms with Gasteiger partial charge < -0.3 is 10.2 Å². The largest absolute Gasteiger partial charge is 0.339 e. The maximum Gasteiger partial charge on any atom is 0.240 e. The molecule has 0 bridgehead atoms. The number of hydrogen-bond donors (Lipinski definition) is 1. The molecule has 1 saturated heterocycles. The first-order chi connectivity index (χ1) is 9.25. The minimum atomic E-state index is -0.0320. The van der Waals surface area contributed by atoms with Crippen molar-refractivity contribution < 1.29 is 4.79 Å². The van der Waals surface area contributed by atoms with Crippen LogP contribution in [0.15, 0.2) is 24.3 Å². The molecule has 4 heteroatoms. The van der Waals surface area contributed by atoms with Crippen LogP contribution in [0.25, 0.3) is 0 Å². The molecule has 0 saturated carbocycles. The Morgan fingerprint density at radius 3 is 2.75 bits per heavy atom. The van der Waals surface area contributed by atoms with Crippen molar-refractivity contribution in [2.24, 2.45) is 0 Å². The zero-order chi connectivity index (χ0) is 13.2. The third-order valence-corrected chi connectivity index (χ3v) is 4.47. The third kappa shape index (κ3) is 2.99. The van der Waals surface area contributed by atoms with Crippen molar-refractivity contribution in [3.8, 4) is 0 Å². The van der Waals surface area contributed by atoms with Gasteiger partial charge >= 0.3 is 0 Å². The average molecular weight is 295 g/mol. The molecule has 1 aromatic rings. The van der Waals surface area contributed by atoms with Gasteiger partial charge in [-0.15, -0.1) is 12.4 Å². The molecular formula is C16H23ClN2O. The lowest BCUT2D eigenvalue weighted by molar-refractivity contribution is -0.136. The first-order valence-corrected chi connectivity index (χ1v) is 7.36. The standard InChI is InChI=1S/C16H22N2O.ClH/c1-12-6-4-5-9-18(12)16(19)15-10-13-7-2-3-8-14(13)11-17-15;/h2-3,7-8,12,15,17H,4-6,9-11H2,1H3;1H. The predicted octanol–water partition coefficient (Wildman–Crippen LogP) is 2.52. The summed E-state index contributed by atoms with van der Waals surface area (Å²) in [4.78, 5) is 14.7. The number of carbonyl (C=O) groups excluding carboxylic acids is 1. The van der Waals surface area contributed by atoms with E-state index in [0.717, 1.165) is 32.4 Å². The van der Waals surface area contributed by atoms with E-state index in [-0.39, 0.29) is 18.4 Å². The lowest BCUT2D eigenvalue weighted by atomic mass is 9.94. The molecule has 2 aliphatic heterocycles. The van der Waals surface area contributed by atoms with Crippen molar-refractivity contribution >= 4 is 18.3 Å². The Kier molecular flexibility index (Phi) is 5.06. The zero-order valence-electron chi connectivity index (χ0n) is 12.0. The molecule has 1 fully saturated rings. The molecule has 2 unspecified atom stereocenters. The quantitative estimate of drug-likeness (QED) is 0.863. The second kappa shape index (κ2) is 6.59. The molecule has 2 heterocycles. The first-order valence-electron chi connectivity index (χ1n) is 7.36. The molecule has 1 N–H and O–H groups in total. The minimum Gasteiger partial charge on any atom is -0.339 e. The van der Waals surface area contributed by atoms with Crippen molar-refractivity contribution in [3.63, 3.8) is 0 Å². The highest BCUT2D eigenvalue weighted by Gasteiger charge is 2.31. The van der Waals surface area contributed by atoms with E-state index in [4.69, 9.17) is 0 Å². The summed E-state index contributed by atoms with van der Waals surface area (Å²) in [5.41, 5.74) is 2.66. The smallest absolute Gasteiger partial charge is 0.240 e. The topological polar surface area (TPSA) is 32.3 Å². The molecule has 0 aromatic heterocycles. The second-order valence-electron chi connectivity index (χ2n) is 5.78. The Labute approximate surface area is 127 Å². The molecule has 2 aliphatic rings. The summed E-state index contributed by atoms with van der Waals surface area (Å²) in [6.07, 6.45) is 4.39. The number of amides is 1.